The van der Waals surface area contributed by atoms with Crippen molar-refractivity contribution >= 4 is 46.5 Å². The lowest BCUT2D eigenvalue weighted by Crippen LogP contribution is -2.42. The van der Waals surface area contributed by atoms with Crippen LogP contribution in [-0.4, -0.2) is 54.3 Å². The smallest absolute Gasteiger partial charge is 0.329 e. The van der Waals surface area contributed by atoms with Gasteiger partial charge in [-0.1, -0.05) is 29.8 Å². The number of para-hydroxylation sites is 1. The molecular weight excluding hydrogens is 472 g/mol. The van der Waals surface area contributed by atoms with Gasteiger partial charge in [-0.2, -0.15) is 0 Å². The van der Waals surface area contributed by atoms with Crippen LogP contribution in [0.5, 0.6) is 11.5 Å². The maximum Gasteiger partial charge on any atom is 0.329 e. The lowest BCUT2D eigenvalue weighted by Gasteiger charge is -2.19. The van der Waals surface area contributed by atoms with Gasteiger partial charge in [-0.05, 0) is 56.8 Å². The molecule has 2 aromatic carbocycles. The molecule has 1 aliphatic heterocycles. The number of nitrogens with one attached hydrogen (secondary N) is 1. The number of ether oxygens (including phenoxy) is 3. The molecule has 35 heavy (non-hydrogen) atoms. The van der Waals surface area contributed by atoms with Crippen molar-refractivity contribution in [3.8, 4) is 11.5 Å². The van der Waals surface area contributed by atoms with Crippen molar-refractivity contribution in [3.05, 3.63) is 58.5 Å². The molecular formula is C25H26N2O7S. The molecule has 0 aromatic heterocycles. The minimum absolute atomic E-state index is 0.105. The molecule has 1 unspecified atom stereocenters. The van der Waals surface area contributed by atoms with E-state index < -0.39 is 23.2 Å². The number of hydrogen-bond acceptors (Lipinski definition) is 8. The summed E-state index contributed by atoms with van der Waals surface area (Å²) in [6.45, 7) is 4.85. The maximum absolute atomic E-state index is 12.9. The van der Waals surface area contributed by atoms with E-state index in [9.17, 15) is 19.2 Å². The Kier molecular flexibility index (Phi) is 8.53. The van der Waals surface area contributed by atoms with Gasteiger partial charge in [-0.25, -0.2) is 4.79 Å². The molecule has 0 radical (unpaired) electrons. The third-order valence-corrected chi connectivity index (χ3v) is 5.92. The number of carbonyl (C=O) groups excluding carboxylic acids is 4. The van der Waals surface area contributed by atoms with Gasteiger partial charge in [-0.15, -0.1) is 0 Å². The van der Waals surface area contributed by atoms with Gasteiger partial charge >= 0.3 is 5.97 Å². The van der Waals surface area contributed by atoms with Crippen molar-refractivity contribution in [2.75, 3.05) is 25.6 Å². The molecule has 1 atom stereocenters. The molecule has 184 valence electrons. The number of benzene rings is 2. The summed E-state index contributed by atoms with van der Waals surface area (Å²) in [5, 5.41) is 2.17. The van der Waals surface area contributed by atoms with Crippen LogP contribution in [0.25, 0.3) is 6.08 Å². The standard InChI is InChI=1S/C25H26N2O7S/c1-5-33-24(30)16(3)27-23(29)20(35-25(27)31)13-17-7-6-8-19(32-4)22(17)34-14-21(28)26-18-11-9-15(2)10-12-18/h6-13,16H,5,14H2,1-4H3,(H,26,28)/b20-13-. The van der Waals surface area contributed by atoms with Crippen LogP contribution in [-0.2, 0) is 19.1 Å². The van der Waals surface area contributed by atoms with Crippen molar-refractivity contribution < 1.29 is 33.4 Å². The third-order valence-electron chi connectivity index (χ3n) is 5.04. The molecule has 1 fully saturated rings. The monoisotopic (exact) mass is 498 g/mol. The van der Waals surface area contributed by atoms with Crippen LogP contribution in [0.4, 0.5) is 10.5 Å². The summed E-state index contributed by atoms with van der Waals surface area (Å²) < 4.78 is 16.1. The minimum atomic E-state index is -1.06. The Morgan fingerprint density at radius 2 is 1.86 bits per heavy atom. The SMILES string of the molecule is CCOC(=O)C(C)N1C(=O)S/C(=C\c2cccc(OC)c2OCC(=O)Nc2ccc(C)cc2)C1=O. The van der Waals surface area contributed by atoms with E-state index in [0.29, 0.717) is 28.8 Å². The molecule has 1 N–H and O–H groups in total. The molecule has 10 heteroatoms. The number of aryl methyl sites for hydroxylation is 1. The lowest BCUT2D eigenvalue weighted by molar-refractivity contribution is -0.150. The molecule has 1 heterocycles. The fourth-order valence-electron chi connectivity index (χ4n) is 3.26. The molecule has 1 aliphatic rings. The predicted molar refractivity (Wildman–Crippen MR) is 132 cm³/mol. The first-order valence-electron chi connectivity index (χ1n) is 10.8. The van der Waals surface area contributed by atoms with Crippen molar-refractivity contribution in [3.63, 3.8) is 0 Å². The summed E-state index contributed by atoms with van der Waals surface area (Å²) >= 11 is 0.705. The van der Waals surface area contributed by atoms with Gasteiger partial charge < -0.3 is 19.5 Å². The summed E-state index contributed by atoms with van der Waals surface area (Å²) in [6.07, 6.45) is 1.47. The van der Waals surface area contributed by atoms with Gasteiger partial charge in [0.05, 0.1) is 18.6 Å². The van der Waals surface area contributed by atoms with Crippen LogP contribution in [0.2, 0.25) is 0 Å². The Bertz CT molecular complexity index is 1160. The topological polar surface area (TPSA) is 111 Å². The number of imide groups is 1. The quantitative estimate of drug-likeness (QED) is 0.408. The Labute approximate surface area is 207 Å². The van der Waals surface area contributed by atoms with E-state index >= 15 is 0 Å². The van der Waals surface area contributed by atoms with Crippen LogP contribution in [0, 0.1) is 6.92 Å². The Hall–Kier alpha value is -3.79. The van der Waals surface area contributed by atoms with Crippen LogP contribution in [0.1, 0.15) is 25.0 Å². The van der Waals surface area contributed by atoms with E-state index in [4.69, 9.17) is 14.2 Å². The second-order valence-corrected chi connectivity index (χ2v) is 8.55. The van der Waals surface area contributed by atoms with Crippen LogP contribution in [0.15, 0.2) is 47.4 Å². The number of rotatable bonds is 9. The van der Waals surface area contributed by atoms with Crippen LogP contribution in [0.3, 0.4) is 0 Å². The molecule has 0 aliphatic carbocycles. The highest BCUT2D eigenvalue weighted by atomic mass is 32.2. The zero-order chi connectivity index (χ0) is 25.5. The van der Waals surface area contributed by atoms with Crippen molar-refractivity contribution in [2.45, 2.75) is 26.8 Å². The normalized spacial score (nSPS) is 15.2. The molecule has 3 amide bonds. The lowest BCUT2D eigenvalue weighted by atomic mass is 10.1. The molecule has 3 rings (SSSR count). The van der Waals surface area contributed by atoms with Crippen molar-refractivity contribution in [2.24, 2.45) is 0 Å². The van der Waals surface area contributed by atoms with Gasteiger partial charge in [0.15, 0.2) is 18.1 Å². The van der Waals surface area contributed by atoms with Crippen LogP contribution >= 0.6 is 11.8 Å². The Morgan fingerprint density at radius 1 is 1.14 bits per heavy atom. The number of thioether (sulfide) groups is 1. The summed E-state index contributed by atoms with van der Waals surface area (Å²) in [7, 11) is 1.45. The molecule has 1 saturated heterocycles. The van der Waals surface area contributed by atoms with E-state index in [-0.39, 0.29) is 29.8 Å². The van der Waals surface area contributed by atoms with Gasteiger partial charge in [-0.3, -0.25) is 19.3 Å². The second kappa shape index (κ2) is 11.6. The highest BCUT2D eigenvalue weighted by molar-refractivity contribution is 8.18. The number of methoxy groups -OCH3 is 1. The van der Waals surface area contributed by atoms with Crippen molar-refractivity contribution in [1.29, 1.82) is 0 Å². The Balaban J connectivity index is 1.79. The third kappa shape index (κ3) is 6.21. The van der Waals surface area contributed by atoms with Gasteiger partial charge in [0.2, 0.25) is 0 Å². The molecule has 0 spiro atoms. The number of amides is 3. The van der Waals surface area contributed by atoms with Gasteiger partial charge in [0.1, 0.15) is 6.04 Å². The zero-order valence-corrected chi connectivity index (χ0v) is 20.6. The van der Waals surface area contributed by atoms with Gasteiger partial charge in [0, 0.05) is 11.3 Å². The fraction of sp³-hybridized carbons (Fsp3) is 0.280. The first-order valence-corrected chi connectivity index (χ1v) is 11.7. The zero-order valence-electron chi connectivity index (χ0n) is 19.8. The van der Waals surface area contributed by atoms with E-state index in [1.165, 1.54) is 20.1 Å². The molecule has 2 aromatic rings. The summed E-state index contributed by atoms with van der Waals surface area (Å²) in [5.41, 5.74) is 2.13. The van der Waals surface area contributed by atoms with E-state index in [2.05, 4.69) is 5.32 Å². The molecule has 0 saturated carbocycles. The number of hydrogen-bond donors (Lipinski definition) is 1. The number of esters is 1. The van der Waals surface area contributed by atoms with Gasteiger partial charge in [0.25, 0.3) is 17.1 Å². The van der Waals surface area contributed by atoms with E-state index in [1.54, 1.807) is 37.3 Å². The number of carbonyl (C=O) groups is 4. The summed E-state index contributed by atoms with van der Waals surface area (Å²) in [4.78, 5) is 50.8. The van der Waals surface area contributed by atoms with Crippen molar-refractivity contribution in [1.82, 2.24) is 4.90 Å². The predicted octanol–water partition coefficient (Wildman–Crippen LogP) is 4.01. The number of anilines is 1. The minimum Gasteiger partial charge on any atom is -0.493 e. The fourth-order valence-corrected chi connectivity index (χ4v) is 4.16. The first-order chi connectivity index (χ1) is 16.7. The average molecular weight is 499 g/mol. The highest BCUT2D eigenvalue weighted by Gasteiger charge is 2.41. The molecule has 9 nitrogen and oxygen atoms in total. The summed E-state index contributed by atoms with van der Waals surface area (Å²) in [6, 6.07) is 11.3. The maximum atomic E-state index is 12.9. The van der Waals surface area contributed by atoms with E-state index in [0.717, 1.165) is 10.5 Å². The second-order valence-electron chi connectivity index (χ2n) is 7.56. The first kappa shape index (κ1) is 25.8. The highest BCUT2D eigenvalue weighted by Crippen LogP contribution is 2.38. The van der Waals surface area contributed by atoms with Crippen LogP contribution < -0.4 is 14.8 Å². The largest absolute Gasteiger partial charge is 0.493 e. The van der Waals surface area contributed by atoms with E-state index in [1.807, 2.05) is 19.1 Å². The number of nitrogens with zero attached hydrogens (tertiary/aromatic N) is 1. The molecule has 0 bridgehead atoms. The Morgan fingerprint density at radius 3 is 2.51 bits per heavy atom. The summed E-state index contributed by atoms with van der Waals surface area (Å²) in [5.74, 6) is -1.08. The average Bonchev–Trinajstić information content (AvgIpc) is 3.11.